The molecule has 3 aromatic heterocycles. The number of hydrogen-bond donors (Lipinski definition) is 0. The predicted octanol–water partition coefficient (Wildman–Crippen LogP) is 5.20. The van der Waals surface area contributed by atoms with Crippen molar-refractivity contribution in [3.8, 4) is 11.3 Å². The molecule has 1 aromatic carbocycles. The summed E-state index contributed by atoms with van der Waals surface area (Å²) >= 11 is 0.654. The summed E-state index contributed by atoms with van der Waals surface area (Å²) in [5, 5.41) is 2.86. The lowest BCUT2D eigenvalue weighted by Gasteiger charge is -2.35. The van der Waals surface area contributed by atoms with Crippen LogP contribution in [0.4, 0.5) is 21.0 Å². The van der Waals surface area contributed by atoms with E-state index in [2.05, 4.69) is 48.7 Å². The van der Waals surface area contributed by atoms with Gasteiger partial charge in [0.15, 0.2) is 5.13 Å². The Bertz CT molecular complexity index is 1450. The molecule has 0 spiro atoms. The first-order chi connectivity index (χ1) is 20.0. The molecule has 0 aliphatic carbocycles. The number of pyridine rings is 1. The fourth-order valence-electron chi connectivity index (χ4n) is 5.81. The van der Waals surface area contributed by atoms with Crippen molar-refractivity contribution in [2.75, 3.05) is 68.4 Å². The van der Waals surface area contributed by atoms with E-state index in [1.807, 2.05) is 12.4 Å². The molecule has 6 rings (SSSR count). The number of imidazole rings is 1. The van der Waals surface area contributed by atoms with Crippen LogP contribution in [0.5, 0.6) is 0 Å². The summed E-state index contributed by atoms with van der Waals surface area (Å²) in [6, 6.07) is 10.7. The number of nitrogens with zero attached hydrogens (tertiary/aromatic N) is 7. The third kappa shape index (κ3) is 6.24. The van der Waals surface area contributed by atoms with E-state index in [1.165, 1.54) is 38.1 Å². The molecule has 0 amide bonds. The first-order valence-electron chi connectivity index (χ1n) is 14.6. The number of anilines is 3. The Morgan fingerprint density at radius 1 is 1.00 bits per heavy atom. The molecule has 1 atom stereocenters. The third-order valence-corrected chi connectivity index (χ3v) is 10.6. The Labute approximate surface area is 248 Å². The molecule has 1 unspecified atom stereocenters. The third-order valence-electron chi connectivity index (χ3n) is 8.10. The molecule has 5 heterocycles. The van der Waals surface area contributed by atoms with Crippen molar-refractivity contribution in [3.05, 3.63) is 59.5 Å². The van der Waals surface area contributed by atoms with E-state index in [0.717, 1.165) is 90.6 Å². The molecule has 4 aromatic rings. The van der Waals surface area contributed by atoms with Gasteiger partial charge in [0.1, 0.15) is 23.0 Å². The summed E-state index contributed by atoms with van der Waals surface area (Å²) in [5.41, 5.74) is 4.77. The van der Waals surface area contributed by atoms with Crippen molar-refractivity contribution in [2.45, 2.75) is 32.6 Å². The van der Waals surface area contributed by atoms with E-state index in [9.17, 15) is 8.94 Å². The fraction of sp³-hybridized carbons (Fsp3) is 0.467. The summed E-state index contributed by atoms with van der Waals surface area (Å²) in [6.45, 7) is 8.88. The molecule has 41 heavy (non-hydrogen) atoms. The summed E-state index contributed by atoms with van der Waals surface area (Å²) in [5.74, 6) is 1.51. The fourth-order valence-corrected chi connectivity index (χ4v) is 7.81. The summed E-state index contributed by atoms with van der Waals surface area (Å²) in [4.78, 5) is 16.8. The van der Waals surface area contributed by atoms with Gasteiger partial charge >= 0.3 is 0 Å². The van der Waals surface area contributed by atoms with Crippen molar-refractivity contribution >= 4 is 45.0 Å². The van der Waals surface area contributed by atoms with Gasteiger partial charge in [-0.25, -0.2) is 14.4 Å². The maximum atomic E-state index is 13.4. The molecule has 2 fully saturated rings. The number of piperazine rings is 1. The maximum absolute atomic E-state index is 13.4. The van der Waals surface area contributed by atoms with Crippen LogP contribution in [0.15, 0.2) is 48.0 Å². The van der Waals surface area contributed by atoms with E-state index >= 15 is 0 Å². The Balaban J connectivity index is 1.14. The maximum Gasteiger partial charge on any atom is 0.191 e. The second-order valence-electron chi connectivity index (χ2n) is 10.8. The van der Waals surface area contributed by atoms with Gasteiger partial charge in [-0.2, -0.15) is 0 Å². The zero-order chi connectivity index (χ0) is 28.3. The lowest BCUT2D eigenvalue weighted by molar-refractivity contribution is 0.336. The number of hydrogen-bond acceptors (Lipinski definition) is 8. The molecule has 0 saturated carbocycles. The topological polar surface area (TPSA) is 66.2 Å². The van der Waals surface area contributed by atoms with Gasteiger partial charge in [-0.1, -0.05) is 6.92 Å². The number of thiazole rings is 1. The van der Waals surface area contributed by atoms with Gasteiger partial charge in [-0.15, -0.1) is 15.6 Å². The van der Waals surface area contributed by atoms with E-state index < -0.39 is 11.4 Å². The van der Waals surface area contributed by atoms with Crippen LogP contribution >= 0.6 is 11.3 Å². The van der Waals surface area contributed by atoms with Gasteiger partial charge in [0.2, 0.25) is 0 Å². The van der Waals surface area contributed by atoms with Crippen LogP contribution in [0.25, 0.3) is 16.9 Å². The van der Waals surface area contributed by atoms with Crippen molar-refractivity contribution < 1.29 is 8.94 Å². The van der Waals surface area contributed by atoms with Crippen LogP contribution in [0.2, 0.25) is 0 Å². The van der Waals surface area contributed by atoms with Gasteiger partial charge in [-0.05, 0) is 68.8 Å². The normalized spacial score (nSPS) is 17.5. The second-order valence-corrected chi connectivity index (χ2v) is 13.2. The van der Waals surface area contributed by atoms with Crippen LogP contribution in [0.3, 0.4) is 0 Å². The average molecular weight is 596 g/mol. The summed E-state index contributed by atoms with van der Waals surface area (Å²) < 4.78 is 30.7. The minimum atomic E-state index is -0.908. The van der Waals surface area contributed by atoms with Crippen LogP contribution < -0.4 is 9.80 Å². The van der Waals surface area contributed by atoms with Gasteiger partial charge in [0, 0.05) is 61.6 Å². The highest BCUT2D eigenvalue weighted by atomic mass is 32.2. The molecule has 2 aliphatic heterocycles. The number of halogens is 1. The standard InChI is InChI=1S/C30H38FN7OS2/c1-3-26-29(34(2)30-33-27(22-40-30)23-7-9-24(31)10-8-23)38-21-25(11-12-28(38)32-26)36-16-18-37(19-17-36)41(39)20-6-15-35-13-4-5-14-35/h7-12,21-22H,3-6,13-20H2,1-2H3. The van der Waals surface area contributed by atoms with Gasteiger partial charge in [0.05, 0.1) is 30.2 Å². The summed E-state index contributed by atoms with van der Waals surface area (Å²) in [6.07, 6.45) is 6.58. The van der Waals surface area contributed by atoms with Crippen LogP contribution in [-0.4, -0.2) is 86.7 Å². The summed E-state index contributed by atoms with van der Waals surface area (Å²) in [7, 11) is 2.03. The minimum Gasteiger partial charge on any atom is -0.598 e. The quantitative estimate of drug-likeness (QED) is 0.234. The van der Waals surface area contributed by atoms with Crippen LogP contribution in [0, 0.1) is 5.82 Å². The largest absolute Gasteiger partial charge is 0.598 e. The highest BCUT2D eigenvalue weighted by molar-refractivity contribution is 7.89. The average Bonchev–Trinajstić information content (AvgIpc) is 3.77. The number of likely N-dealkylation sites (tertiary alicyclic amines) is 1. The lowest BCUT2D eigenvalue weighted by atomic mass is 10.2. The first kappa shape index (κ1) is 28.4. The molecule has 11 heteroatoms. The van der Waals surface area contributed by atoms with Crippen molar-refractivity contribution in [3.63, 3.8) is 0 Å². The molecule has 0 bridgehead atoms. The van der Waals surface area contributed by atoms with Crippen LogP contribution in [0.1, 0.15) is 31.9 Å². The smallest absolute Gasteiger partial charge is 0.191 e. The lowest BCUT2D eigenvalue weighted by Crippen LogP contribution is -2.49. The van der Waals surface area contributed by atoms with Crippen LogP contribution in [-0.2, 0) is 17.8 Å². The molecule has 2 aliphatic rings. The number of fused-ring (bicyclic) bond motifs is 1. The molecular formula is C30H38FN7OS2. The second kappa shape index (κ2) is 12.7. The first-order valence-corrected chi connectivity index (χ1v) is 16.7. The zero-order valence-electron chi connectivity index (χ0n) is 23.8. The molecule has 2 saturated heterocycles. The van der Waals surface area contributed by atoms with E-state index in [0.29, 0.717) is 0 Å². The van der Waals surface area contributed by atoms with Crippen molar-refractivity contribution in [1.82, 2.24) is 23.6 Å². The van der Waals surface area contributed by atoms with Gasteiger partial charge < -0.3 is 19.3 Å². The van der Waals surface area contributed by atoms with Crippen molar-refractivity contribution in [1.29, 1.82) is 0 Å². The Morgan fingerprint density at radius 3 is 2.49 bits per heavy atom. The highest BCUT2D eigenvalue weighted by Crippen LogP contribution is 2.34. The van der Waals surface area contributed by atoms with Crippen molar-refractivity contribution in [2.24, 2.45) is 0 Å². The van der Waals surface area contributed by atoms with E-state index in [4.69, 9.17) is 9.97 Å². The number of rotatable bonds is 10. The monoisotopic (exact) mass is 595 g/mol. The number of aromatic nitrogens is 3. The number of aryl methyl sites for hydroxylation is 1. The van der Waals surface area contributed by atoms with E-state index in [-0.39, 0.29) is 5.82 Å². The zero-order valence-corrected chi connectivity index (χ0v) is 25.5. The number of benzene rings is 1. The Morgan fingerprint density at radius 2 is 1.76 bits per heavy atom. The Kier molecular flexibility index (Phi) is 8.78. The molecular weight excluding hydrogens is 558 g/mol. The molecule has 8 nitrogen and oxygen atoms in total. The van der Waals surface area contributed by atoms with Gasteiger partial charge in [0.25, 0.3) is 0 Å². The van der Waals surface area contributed by atoms with Gasteiger partial charge in [-0.3, -0.25) is 4.40 Å². The minimum absolute atomic E-state index is 0.252. The molecule has 218 valence electrons. The predicted molar refractivity (Wildman–Crippen MR) is 167 cm³/mol. The highest BCUT2D eigenvalue weighted by Gasteiger charge is 2.27. The van der Waals surface area contributed by atoms with E-state index in [1.54, 1.807) is 23.5 Å². The SMILES string of the molecule is CCc1nc2ccc(N3CCN([S+]([O-])CCCN4CCCC4)CC3)cn2c1N(C)c1nc(-c2ccc(F)cc2)cs1. The Hall–Kier alpha value is -2.70. The molecule has 0 radical (unpaired) electrons. The molecule has 0 N–H and O–H groups in total.